The third-order valence-corrected chi connectivity index (χ3v) is 4.88. The maximum Gasteiger partial charge on any atom is 0.240 e. The molecule has 2 N–H and O–H groups in total. The average molecular weight is 409 g/mol. The monoisotopic (exact) mass is 408 g/mol. The van der Waals surface area contributed by atoms with E-state index in [1.165, 1.54) is 0 Å². The first-order valence-corrected chi connectivity index (χ1v) is 10.2. The molecule has 1 aromatic heterocycles. The zero-order valence-corrected chi connectivity index (χ0v) is 17.6. The average Bonchev–Trinajstić information content (AvgIpc) is 3.11. The van der Waals surface area contributed by atoms with Gasteiger partial charge in [-0.05, 0) is 43.2 Å². The van der Waals surface area contributed by atoms with Gasteiger partial charge in [-0.15, -0.1) is 0 Å². The predicted molar refractivity (Wildman–Crippen MR) is 116 cm³/mol. The third kappa shape index (κ3) is 5.17. The van der Waals surface area contributed by atoms with Crippen molar-refractivity contribution < 1.29 is 14.3 Å². The van der Waals surface area contributed by atoms with Crippen LogP contribution in [0.2, 0.25) is 0 Å². The van der Waals surface area contributed by atoms with Gasteiger partial charge in [-0.25, -0.2) is 4.98 Å². The second-order valence-corrected chi connectivity index (χ2v) is 7.21. The molecule has 0 aliphatic rings. The molecule has 7 nitrogen and oxygen atoms in total. The molecule has 0 saturated carbocycles. The summed E-state index contributed by atoms with van der Waals surface area (Å²) in [5.41, 5.74) is 2.65. The highest BCUT2D eigenvalue weighted by Gasteiger charge is 2.19. The van der Waals surface area contributed by atoms with Gasteiger partial charge in [0.05, 0.1) is 24.2 Å². The van der Waals surface area contributed by atoms with E-state index in [4.69, 9.17) is 4.74 Å². The summed E-state index contributed by atoms with van der Waals surface area (Å²) in [7, 11) is 1.62. The van der Waals surface area contributed by atoms with Gasteiger partial charge in [-0.3, -0.25) is 9.59 Å². The standard InChI is InChI=1S/C23H28N4O3/c1-4-7-21(28)25-16(2)23-26-19-8-5-6-9-20(19)27(23)15-22(29)24-14-17-10-12-18(30-3)13-11-17/h5-6,8-13,16H,4,7,14-15H2,1-3H3,(H,24,29)(H,25,28). The minimum atomic E-state index is -0.300. The quantitative estimate of drug-likeness (QED) is 0.569. The van der Waals surface area contributed by atoms with Gasteiger partial charge < -0.3 is 19.9 Å². The molecule has 1 unspecified atom stereocenters. The van der Waals surface area contributed by atoms with E-state index in [-0.39, 0.29) is 24.4 Å². The molecule has 0 bridgehead atoms. The molecule has 0 aliphatic carbocycles. The first kappa shape index (κ1) is 21.4. The Bertz CT molecular complexity index is 1010. The molecular formula is C23H28N4O3. The van der Waals surface area contributed by atoms with Gasteiger partial charge in [0.1, 0.15) is 18.1 Å². The van der Waals surface area contributed by atoms with Gasteiger partial charge in [0.2, 0.25) is 11.8 Å². The Morgan fingerprint density at radius 3 is 2.53 bits per heavy atom. The van der Waals surface area contributed by atoms with E-state index in [9.17, 15) is 9.59 Å². The number of ether oxygens (including phenoxy) is 1. The lowest BCUT2D eigenvalue weighted by atomic mass is 10.2. The van der Waals surface area contributed by atoms with Gasteiger partial charge in [0.25, 0.3) is 0 Å². The number of hydrogen-bond donors (Lipinski definition) is 2. The number of imidazole rings is 1. The summed E-state index contributed by atoms with van der Waals surface area (Å²) in [6, 6.07) is 14.9. The minimum absolute atomic E-state index is 0.0208. The molecule has 2 amide bonds. The van der Waals surface area contributed by atoms with E-state index in [0.29, 0.717) is 18.8 Å². The summed E-state index contributed by atoms with van der Waals surface area (Å²) >= 11 is 0. The van der Waals surface area contributed by atoms with Gasteiger partial charge >= 0.3 is 0 Å². The van der Waals surface area contributed by atoms with Crippen LogP contribution in [0.3, 0.4) is 0 Å². The summed E-state index contributed by atoms with van der Waals surface area (Å²) in [6.45, 7) is 4.40. The van der Waals surface area contributed by atoms with E-state index in [2.05, 4.69) is 15.6 Å². The Morgan fingerprint density at radius 1 is 1.10 bits per heavy atom. The minimum Gasteiger partial charge on any atom is -0.497 e. The molecule has 0 aliphatic heterocycles. The second-order valence-electron chi connectivity index (χ2n) is 7.21. The largest absolute Gasteiger partial charge is 0.497 e. The zero-order chi connectivity index (χ0) is 21.5. The molecular weight excluding hydrogens is 380 g/mol. The fourth-order valence-corrected chi connectivity index (χ4v) is 3.34. The molecule has 0 radical (unpaired) electrons. The summed E-state index contributed by atoms with van der Waals surface area (Å²) in [5.74, 6) is 1.30. The molecule has 2 aromatic carbocycles. The predicted octanol–water partition coefficient (Wildman–Crippen LogP) is 3.34. The van der Waals surface area contributed by atoms with Crippen molar-refractivity contribution in [2.45, 2.75) is 45.8 Å². The Labute approximate surface area is 176 Å². The van der Waals surface area contributed by atoms with Crippen LogP contribution in [0.5, 0.6) is 5.75 Å². The van der Waals surface area contributed by atoms with Crippen LogP contribution in [-0.2, 0) is 22.7 Å². The van der Waals surface area contributed by atoms with Gasteiger partial charge in [-0.1, -0.05) is 31.2 Å². The van der Waals surface area contributed by atoms with Crippen molar-refractivity contribution >= 4 is 22.8 Å². The number of carbonyl (C=O) groups is 2. The van der Waals surface area contributed by atoms with Crippen molar-refractivity contribution in [3.05, 3.63) is 59.9 Å². The van der Waals surface area contributed by atoms with Crippen LogP contribution in [0.4, 0.5) is 0 Å². The number of amides is 2. The number of para-hydroxylation sites is 2. The van der Waals surface area contributed by atoms with E-state index in [0.717, 1.165) is 28.8 Å². The maximum absolute atomic E-state index is 12.7. The van der Waals surface area contributed by atoms with E-state index >= 15 is 0 Å². The van der Waals surface area contributed by atoms with Crippen LogP contribution in [0.1, 0.15) is 44.1 Å². The van der Waals surface area contributed by atoms with E-state index in [1.54, 1.807) is 7.11 Å². The number of carbonyl (C=O) groups excluding carboxylic acids is 2. The van der Waals surface area contributed by atoms with Gasteiger partial charge in [-0.2, -0.15) is 0 Å². The summed E-state index contributed by atoms with van der Waals surface area (Å²) in [5, 5.41) is 5.93. The lowest BCUT2D eigenvalue weighted by molar-refractivity contribution is -0.122. The van der Waals surface area contributed by atoms with E-state index in [1.807, 2.05) is 66.9 Å². The van der Waals surface area contributed by atoms with Crippen LogP contribution in [0.15, 0.2) is 48.5 Å². The highest BCUT2D eigenvalue weighted by atomic mass is 16.5. The molecule has 1 heterocycles. The molecule has 7 heteroatoms. The van der Waals surface area contributed by atoms with Crippen molar-refractivity contribution in [3.63, 3.8) is 0 Å². The Hall–Kier alpha value is -3.35. The highest BCUT2D eigenvalue weighted by Crippen LogP contribution is 2.21. The lowest BCUT2D eigenvalue weighted by Crippen LogP contribution is -2.31. The molecule has 0 saturated heterocycles. The highest BCUT2D eigenvalue weighted by molar-refractivity contribution is 5.81. The number of hydrogen-bond acceptors (Lipinski definition) is 4. The number of aromatic nitrogens is 2. The fourth-order valence-electron chi connectivity index (χ4n) is 3.34. The lowest BCUT2D eigenvalue weighted by Gasteiger charge is -2.16. The SMILES string of the molecule is CCCC(=O)NC(C)c1nc2ccccc2n1CC(=O)NCc1ccc(OC)cc1. The summed E-state index contributed by atoms with van der Waals surface area (Å²) in [4.78, 5) is 29.4. The van der Waals surface area contributed by atoms with Crippen molar-refractivity contribution in [2.75, 3.05) is 7.11 Å². The van der Waals surface area contributed by atoms with E-state index < -0.39 is 0 Å². The van der Waals surface area contributed by atoms with Gasteiger partial charge in [0, 0.05) is 13.0 Å². The third-order valence-electron chi connectivity index (χ3n) is 4.88. The summed E-state index contributed by atoms with van der Waals surface area (Å²) in [6.07, 6.45) is 1.25. The molecule has 0 spiro atoms. The normalized spacial score (nSPS) is 11.8. The zero-order valence-electron chi connectivity index (χ0n) is 17.6. The van der Waals surface area contributed by atoms with Crippen molar-refractivity contribution in [3.8, 4) is 5.75 Å². The first-order valence-electron chi connectivity index (χ1n) is 10.2. The Balaban J connectivity index is 1.74. The molecule has 3 rings (SSSR count). The number of rotatable bonds is 9. The van der Waals surface area contributed by atoms with Crippen LogP contribution in [0, 0.1) is 0 Å². The Morgan fingerprint density at radius 2 is 1.83 bits per heavy atom. The number of benzene rings is 2. The van der Waals surface area contributed by atoms with Crippen molar-refractivity contribution in [2.24, 2.45) is 0 Å². The molecule has 158 valence electrons. The van der Waals surface area contributed by atoms with Gasteiger partial charge in [0.15, 0.2) is 0 Å². The molecule has 1 atom stereocenters. The summed E-state index contributed by atoms with van der Waals surface area (Å²) < 4.78 is 7.03. The van der Waals surface area contributed by atoms with Crippen molar-refractivity contribution in [1.82, 2.24) is 20.2 Å². The second kappa shape index (κ2) is 9.91. The number of nitrogens with zero attached hydrogens (tertiary/aromatic N) is 2. The first-order chi connectivity index (χ1) is 14.5. The van der Waals surface area contributed by atoms with Crippen molar-refractivity contribution in [1.29, 1.82) is 0 Å². The fraction of sp³-hybridized carbons (Fsp3) is 0.348. The Kier molecular flexibility index (Phi) is 7.06. The topological polar surface area (TPSA) is 85.2 Å². The number of nitrogens with one attached hydrogen (secondary N) is 2. The molecule has 0 fully saturated rings. The smallest absolute Gasteiger partial charge is 0.240 e. The van der Waals surface area contributed by atoms with Crippen LogP contribution in [0.25, 0.3) is 11.0 Å². The molecule has 30 heavy (non-hydrogen) atoms. The maximum atomic E-state index is 12.7. The van der Waals surface area contributed by atoms with Crippen LogP contribution in [-0.4, -0.2) is 28.5 Å². The van der Waals surface area contributed by atoms with Crippen LogP contribution >= 0.6 is 0 Å². The van der Waals surface area contributed by atoms with Crippen LogP contribution < -0.4 is 15.4 Å². The molecule has 3 aromatic rings. The number of fused-ring (bicyclic) bond motifs is 1. The number of methoxy groups -OCH3 is 1.